The van der Waals surface area contributed by atoms with E-state index in [0.29, 0.717) is 18.4 Å². The Hall–Kier alpha value is -1.56. The monoisotopic (exact) mass is 261 g/mol. The quantitative estimate of drug-likeness (QED) is 0.855. The van der Waals surface area contributed by atoms with E-state index in [4.69, 9.17) is 5.11 Å². The molecule has 1 atom stereocenters. The topological polar surface area (TPSA) is 49.3 Å². The Kier molecular flexibility index (Phi) is 4.72. The third-order valence-corrected chi connectivity index (χ3v) is 2.65. The summed E-state index contributed by atoms with van der Waals surface area (Å²) < 4.78 is 36.9. The molecule has 0 saturated carbocycles. The molecule has 0 amide bonds. The molecule has 0 unspecified atom stereocenters. The first-order valence-corrected chi connectivity index (χ1v) is 5.41. The molecule has 0 heterocycles. The fraction of sp³-hybridized carbons (Fsp3) is 0.417. The minimum atomic E-state index is -4.34. The molecule has 1 rings (SSSR count). The van der Waals surface area contributed by atoms with Crippen molar-refractivity contribution >= 4 is 5.97 Å². The number of aliphatic carboxylic acids is 1. The van der Waals surface area contributed by atoms with Crippen LogP contribution in [0.1, 0.15) is 17.5 Å². The molecule has 0 aromatic heterocycles. The maximum Gasteiger partial charge on any atom is 0.416 e. The highest BCUT2D eigenvalue weighted by molar-refractivity contribution is 5.73. The molecular formula is C12H14F3NO2. The fourth-order valence-electron chi connectivity index (χ4n) is 1.56. The van der Waals surface area contributed by atoms with Gasteiger partial charge in [0.2, 0.25) is 0 Å². The molecule has 0 aliphatic rings. The molecule has 6 heteroatoms. The summed E-state index contributed by atoms with van der Waals surface area (Å²) in [5.74, 6) is -0.968. The van der Waals surface area contributed by atoms with Gasteiger partial charge in [-0.3, -0.25) is 4.79 Å². The van der Waals surface area contributed by atoms with Crippen LogP contribution in [0.5, 0.6) is 0 Å². The maximum absolute atomic E-state index is 12.3. The zero-order valence-electron chi connectivity index (χ0n) is 9.79. The van der Waals surface area contributed by atoms with Crippen molar-refractivity contribution in [3.8, 4) is 0 Å². The molecule has 0 bridgehead atoms. The van der Waals surface area contributed by atoms with Crippen LogP contribution in [0.4, 0.5) is 13.2 Å². The number of carbonyl (C=O) groups is 1. The van der Waals surface area contributed by atoms with Gasteiger partial charge in [-0.05, 0) is 37.6 Å². The molecule has 0 aliphatic carbocycles. The molecule has 1 aromatic carbocycles. The molecule has 1 aromatic rings. The van der Waals surface area contributed by atoms with Crippen LogP contribution in [0.3, 0.4) is 0 Å². The first kappa shape index (κ1) is 14.5. The lowest BCUT2D eigenvalue weighted by Gasteiger charge is -2.11. The lowest BCUT2D eigenvalue weighted by Crippen LogP contribution is -2.34. The summed E-state index contributed by atoms with van der Waals surface area (Å²) >= 11 is 0. The minimum Gasteiger partial charge on any atom is -0.480 e. The van der Waals surface area contributed by atoms with E-state index in [1.54, 1.807) is 0 Å². The Morgan fingerprint density at radius 3 is 2.28 bits per heavy atom. The molecule has 0 aliphatic heterocycles. The van der Waals surface area contributed by atoms with Gasteiger partial charge in [-0.25, -0.2) is 0 Å². The van der Waals surface area contributed by atoms with Crippen LogP contribution in [0.25, 0.3) is 0 Å². The normalized spacial score (nSPS) is 13.3. The number of halogens is 3. The van der Waals surface area contributed by atoms with E-state index < -0.39 is 23.8 Å². The summed E-state index contributed by atoms with van der Waals surface area (Å²) in [4.78, 5) is 10.7. The molecule has 0 spiro atoms. The van der Waals surface area contributed by atoms with E-state index in [9.17, 15) is 18.0 Å². The number of hydrogen-bond acceptors (Lipinski definition) is 2. The Morgan fingerprint density at radius 1 is 1.33 bits per heavy atom. The van der Waals surface area contributed by atoms with Gasteiger partial charge in [-0.1, -0.05) is 12.1 Å². The molecule has 2 N–H and O–H groups in total. The smallest absolute Gasteiger partial charge is 0.416 e. The number of alkyl halides is 3. The molecule has 0 radical (unpaired) electrons. The van der Waals surface area contributed by atoms with Crippen LogP contribution >= 0.6 is 0 Å². The Morgan fingerprint density at radius 2 is 1.89 bits per heavy atom. The van der Waals surface area contributed by atoms with Crippen molar-refractivity contribution in [3.63, 3.8) is 0 Å². The number of aryl methyl sites for hydroxylation is 1. The Bertz CT molecular complexity index is 401. The maximum atomic E-state index is 12.3. The van der Waals surface area contributed by atoms with Gasteiger partial charge in [-0.15, -0.1) is 0 Å². The summed E-state index contributed by atoms with van der Waals surface area (Å²) in [5.41, 5.74) is -0.0147. The van der Waals surface area contributed by atoms with Gasteiger partial charge in [-0.2, -0.15) is 13.2 Å². The molecular weight excluding hydrogens is 247 g/mol. The van der Waals surface area contributed by atoms with E-state index in [2.05, 4.69) is 5.32 Å². The Balaban J connectivity index is 2.62. The highest BCUT2D eigenvalue weighted by Crippen LogP contribution is 2.29. The van der Waals surface area contributed by atoms with E-state index >= 15 is 0 Å². The molecule has 0 saturated heterocycles. The van der Waals surface area contributed by atoms with Gasteiger partial charge in [0, 0.05) is 0 Å². The van der Waals surface area contributed by atoms with Gasteiger partial charge in [0.25, 0.3) is 0 Å². The third kappa shape index (κ3) is 4.03. The highest BCUT2D eigenvalue weighted by Gasteiger charge is 2.29. The highest BCUT2D eigenvalue weighted by atomic mass is 19.4. The standard InChI is InChI=1S/C12H14F3NO2/c1-16-10(11(17)18)7-4-8-2-5-9(6-3-8)12(13,14)15/h2-3,5-6,10,16H,4,7H2,1H3,(H,17,18)/t10-/m0/s1. The van der Waals surface area contributed by atoms with Crippen molar-refractivity contribution in [3.05, 3.63) is 35.4 Å². The van der Waals surface area contributed by atoms with E-state index in [-0.39, 0.29) is 0 Å². The molecule has 18 heavy (non-hydrogen) atoms. The number of benzene rings is 1. The van der Waals surface area contributed by atoms with Crippen molar-refractivity contribution in [2.24, 2.45) is 0 Å². The van der Waals surface area contributed by atoms with Gasteiger partial charge in [0.1, 0.15) is 6.04 Å². The van der Waals surface area contributed by atoms with Crippen molar-refractivity contribution in [2.75, 3.05) is 7.05 Å². The van der Waals surface area contributed by atoms with Crippen molar-refractivity contribution < 1.29 is 23.1 Å². The Labute approximate surface area is 103 Å². The second-order valence-corrected chi connectivity index (χ2v) is 3.91. The number of likely N-dealkylation sites (N-methyl/N-ethyl adjacent to an activating group) is 1. The molecule has 100 valence electrons. The summed E-state index contributed by atoms with van der Waals surface area (Å²) in [6.45, 7) is 0. The summed E-state index contributed by atoms with van der Waals surface area (Å²) in [6.07, 6.45) is -3.60. The van der Waals surface area contributed by atoms with E-state index in [0.717, 1.165) is 12.1 Å². The van der Waals surface area contributed by atoms with Crippen molar-refractivity contribution in [1.82, 2.24) is 5.32 Å². The summed E-state index contributed by atoms with van der Waals surface area (Å²) in [7, 11) is 1.53. The second-order valence-electron chi connectivity index (χ2n) is 3.91. The number of carboxylic acids is 1. The largest absolute Gasteiger partial charge is 0.480 e. The van der Waals surface area contributed by atoms with Gasteiger partial charge >= 0.3 is 12.1 Å². The first-order valence-electron chi connectivity index (χ1n) is 5.41. The molecule has 0 fully saturated rings. The van der Waals surface area contributed by atoms with Gasteiger partial charge in [0.15, 0.2) is 0 Å². The van der Waals surface area contributed by atoms with Crippen LogP contribution in [-0.4, -0.2) is 24.2 Å². The average Bonchev–Trinajstić information content (AvgIpc) is 2.29. The predicted molar refractivity (Wildman–Crippen MR) is 60.2 cm³/mol. The lowest BCUT2D eigenvalue weighted by atomic mass is 10.0. The van der Waals surface area contributed by atoms with Crippen LogP contribution in [0, 0.1) is 0 Å². The predicted octanol–water partition coefficient (Wildman–Crippen LogP) is 2.31. The number of nitrogens with one attached hydrogen (secondary N) is 1. The van der Waals surface area contributed by atoms with Gasteiger partial charge < -0.3 is 10.4 Å². The van der Waals surface area contributed by atoms with Crippen LogP contribution in [0.2, 0.25) is 0 Å². The zero-order chi connectivity index (χ0) is 13.8. The fourth-order valence-corrected chi connectivity index (χ4v) is 1.56. The van der Waals surface area contributed by atoms with Gasteiger partial charge in [0.05, 0.1) is 5.56 Å². The van der Waals surface area contributed by atoms with Crippen molar-refractivity contribution in [1.29, 1.82) is 0 Å². The SMILES string of the molecule is CN[C@@H](CCc1ccc(C(F)(F)F)cc1)C(=O)O. The summed E-state index contributed by atoms with van der Waals surface area (Å²) in [5, 5.41) is 11.4. The first-order chi connectivity index (χ1) is 8.34. The molecule has 3 nitrogen and oxygen atoms in total. The van der Waals surface area contributed by atoms with Crippen LogP contribution in [-0.2, 0) is 17.4 Å². The van der Waals surface area contributed by atoms with Crippen molar-refractivity contribution in [2.45, 2.75) is 25.1 Å². The lowest BCUT2D eigenvalue weighted by molar-refractivity contribution is -0.139. The summed E-state index contributed by atoms with van der Waals surface area (Å²) in [6, 6.07) is 4.07. The van der Waals surface area contributed by atoms with E-state index in [1.165, 1.54) is 19.2 Å². The number of hydrogen-bond donors (Lipinski definition) is 2. The number of carboxylic acid groups (broad SMARTS) is 1. The van der Waals surface area contributed by atoms with Crippen LogP contribution < -0.4 is 5.32 Å². The zero-order valence-corrected chi connectivity index (χ0v) is 9.79. The number of rotatable bonds is 5. The van der Waals surface area contributed by atoms with Crippen LogP contribution in [0.15, 0.2) is 24.3 Å². The third-order valence-electron chi connectivity index (χ3n) is 2.65. The average molecular weight is 261 g/mol. The second kappa shape index (κ2) is 5.86. The van der Waals surface area contributed by atoms with E-state index in [1.807, 2.05) is 0 Å². The minimum absolute atomic E-state index is 0.331.